The van der Waals surface area contributed by atoms with Gasteiger partial charge in [0.2, 0.25) is 17.7 Å². The molecule has 1 spiro atoms. The number of amides is 3. The lowest BCUT2D eigenvalue weighted by atomic mass is 9.76. The highest BCUT2D eigenvalue weighted by atomic mass is 16.5. The van der Waals surface area contributed by atoms with Crippen LogP contribution in [0.4, 0.5) is 5.69 Å². The predicted molar refractivity (Wildman–Crippen MR) is 111 cm³/mol. The maximum absolute atomic E-state index is 13.6. The molecule has 0 aliphatic carbocycles. The summed E-state index contributed by atoms with van der Waals surface area (Å²) < 4.78 is 5.16. The predicted octanol–water partition coefficient (Wildman–Crippen LogP) is 0.997. The van der Waals surface area contributed by atoms with Crippen LogP contribution < -0.4 is 15.4 Å². The molecule has 8 heteroatoms. The molecule has 2 fully saturated rings. The second-order valence-electron chi connectivity index (χ2n) is 8.33. The number of imide groups is 1. The Morgan fingerprint density at radius 1 is 1.10 bits per heavy atom. The molecule has 0 aromatic heterocycles. The fourth-order valence-corrected chi connectivity index (χ4v) is 5.23. The molecule has 0 bridgehead atoms. The van der Waals surface area contributed by atoms with Crippen LogP contribution in [0.3, 0.4) is 0 Å². The molecule has 2 aromatic carbocycles. The van der Waals surface area contributed by atoms with E-state index in [1.54, 1.807) is 62.6 Å². The number of ether oxygens (including phenoxy) is 1. The van der Waals surface area contributed by atoms with E-state index in [4.69, 9.17) is 4.74 Å². The van der Waals surface area contributed by atoms with Gasteiger partial charge in [-0.25, -0.2) is 0 Å². The van der Waals surface area contributed by atoms with Crippen LogP contribution in [0.15, 0.2) is 48.5 Å². The number of methoxy groups -OCH3 is 1. The van der Waals surface area contributed by atoms with Crippen LogP contribution in [0.25, 0.3) is 0 Å². The largest absolute Gasteiger partial charge is 0.497 e. The quantitative estimate of drug-likeness (QED) is 0.636. The summed E-state index contributed by atoms with van der Waals surface area (Å²) in [5.41, 5.74) is 0.628. The number of carbonyl (C=O) groups is 3. The number of likely N-dealkylation sites (tertiary alicyclic amines) is 1. The Hall–Kier alpha value is -3.23. The summed E-state index contributed by atoms with van der Waals surface area (Å²) in [6, 6.07) is 13.6. The van der Waals surface area contributed by atoms with E-state index in [0.717, 1.165) is 5.56 Å². The number of aliphatic hydroxyl groups excluding tert-OH is 1. The number of anilines is 1. The number of para-hydroxylation sites is 1. The van der Waals surface area contributed by atoms with Crippen molar-refractivity contribution in [1.82, 2.24) is 10.2 Å². The highest BCUT2D eigenvalue weighted by molar-refractivity contribution is 6.15. The van der Waals surface area contributed by atoms with E-state index >= 15 is 0 Å². The van der Waals surface area contributed by atoms with Crippen LogP contribution in [-0.4, -0.2) is 47.0 Å². The summed E-state index contributed by atoms with van der Waals surface area (Å²) in [6.07, 6.45) is -0.926. The van der Waals surface area contributed by atoms with E-state index in [0.29, 0.717) is 17.0 Å². The van der Waals surface area contributed by atoms with Crippen molar-refractivity contribution in [3.8, 4) is 5.75 Å². The minimum absolute atomic E-state index is 0.0978. The molecule has 31 heavy (non-hydrogen) atoms. The number of carbonyl (C=O) groups excluding carboxylic acids is 3. The van der Waals surface area contributed by atoms with Crippen molar-refractivity contribution in [2.45, 2.75) is 31.2 Å². The van der Waals surface area contributed by atoms with Gasteiger partial charge in [-0.05, 0) is 30.7 Å². The van der Waals surface area contributed by atoms with E-state index in [9.17, 15) is 19.5 Å². The van der Waals surface area contributed by atoms with Gasteiger partial charge in [-0.2, -0.15) is 0 Å². The molecule has 0 saturated carbocycles. The highest BCUT2D eigenvalue weighted by Crippen LogP contribution is 2.53. The van der Waals surface area contributed by atoms with Gasteiger partial charge in [-0.3, -0.25) is 24.6 Å². The van der Waals surface area contributed by atoms with E-state index in [1.807, 2.05) is 0 Å². The minimum atomic E-state index is -1.38. The first-order valence-corrected chi connectivity index (χ1v) is 10.2. The molecule has 0 unspecified atom stereocenters. The van der Waals surface area contributed by atoms with E-state index in [1.165, 1.54) is 4.90 Å². The molecular formula is C23H23N3O5. The number of nitrogens with zero attached hydrogens (tertiary/aromatic N) is 1. The molecule has 2 saturated heterocycles. The zero-order valence-corrected chi connectivity index (χ0v) is 17.2. The molecule has 2 aromatic rings. The van der Waals surface area contributed by atoms with Gasteiger partial charge in [-0.1, -0.05) is 30.3 Å². The summed E-state index contributed by atoms with van der Waals surface area (Å²) in [5, 5.41) is 16.4. The fourth-order valence-electron chi connectivity index (χ4n) is 5.23. The summed E-state index contributed by atoms with van der Waals surface area (Å²) in [6.45, 7) is 1.66. The van der Waals surface area contributed by atoms with Crippen molar-refractivity contribution < 1.29 is 24.2 Å². The molecule has 3 aliphatic rings. The molecule has 3 amide bonds. The molecule has 8 nitrogen and oxygen atoms in total. The molecule has 3 heterocycles. The van der Waals surface area contributed by atoms with Crippen molar-refractivity contribution in [2.24, 2.45) is 11.8 Å². The van der Waals surface area contributed by atoms with Crippen molar-refractivity contribution in [1.29, 1.82) is 0 Å². The van der Waals surface area contributed by atoms with Crippen LogP contribution in [0, 0.1) is 11.8 Å². The van der Waals surface area contributed by atoms with E-state index in [-0.39, 0.29) is 18.4 Å². The van der Waals surface area contributed by atoms with Gasteiger partial charge in [0.15, 0.2) is 0 Å². The van der Waals surface area contributed by atoms with E-state index in [2.05, 4.69) is 10.6 Å². The van der Waals surface area contributed by atoms with Gasteiger partial charge in [-0.15, -0.1) is 0 Å². The summed E-state index contributed by atoms with van der Waals surface area (Å²) >= 11 is 0. The van der Waals surface area contributed by atoms with Crippen LogP contribution in [0.5, 0.6) is 5.75 Å². The zero-order valence-electron chi connectivity index (χ0n) is 17.2. The van der Waals surface area contributed by atoms with Gasteiger partial charge in [0.1, 0.15) is 11.3 Å². The Balaban J connectivity index is 1.56. The van der Waals surface area contributed by atoms with Crippen LogP contribution in [0.2, 0.25) is 0 Å². The summed E-state index contributed by atoms with van der Waals surface area (Å²) in [5.74, 6) is -2.24. The Morgan fingerprint density at radius 2 is 1.81 bits per heavy atom. The van der Waals surface area contributed by atoms with E-state index < -0.39 is 35.4 Å². The molecule has 160 valence electrons. The minimum Gasteiger partial charge on any atom is -0.497 e. The third-order valence-corrected chi connectivity index (χ3v) is 6.67. The van der Waals surface area contributed by atoms with Crippen molar-refractivity contribution in [3.05, 3.63) is 59.7 Å². The van der Waals surface area contributed by atoms with Crippen molar-refractivity contribution in [3.63, 3.8) is 0 Å². The average Bonchev–Trinajstić information content (AvgIpc) is 3.35. The van der Waals surface area contributed by atoms with Gasteiger partial charge < -0.3 is 15.2 Å². The lowest BCUT2D eigenvalue weighted by Crippen LogP contribution is -2.54. The van der Waals surface area contributed by atoms with Crippen LogP contribution in [0.1, 0.15) is 18.1 Å². The SMILES string of the molecule is COc1ccc(CN2C(=O)[C@@H]3[C@H]([C@@H](C)O)N[C@]4(C(=O)Nc5ccccc54)[C@@H]3C2=O)cc1. The van der Waals surface area contributed by atoms with Gasteiger partial charge in [0.25, 0.3) is 0 Å². The van der Waals surface area contributed by atoms with Crippen molar-refractivity contribution >= 4 is 23.4 Å². The first-order chi connectivity index (χ1) is 14.9. The number of aliphatic hydroxyl groups is 1. The second-order valence-corrected chi connectivity index (χ2v) is 8.33. The molecule has 5 atom stereocenters. The number of rotatable bonds is 4. The Morgan fingerprint density at radius 3 is 2.48 bits per heavy atom. The first-order valence-electron chi connectivity index (χ1n) is 10.2. The smallest absolute Gasteiger partial charge is 0.250 e. The molecule has 5 rings (SSSR count). The lowest BCUT2D eigenvalue weighted by Gasteiger charge is -2.30. The number of fused-ring (bicyclic) bond motifs is 4. The van der Waals surface area contributed by atoms with Gasteiger partial charge in [0, 0.05) is 17.3 Å². The normalized spacial score (nSPS) is 29.8. The van der Waals surface area contributed by atoms with Crippen LogP contribution in [-0.2, 0) is 26.5 Å². The zero-order chi connectivity index (χ0) is 21.9. The van der Waals surface area contributed by atoms with Gasteiger partial charge >= 0.3 is 0 Å². The summed E-state index contributed by atoms with van der Waals surface area (Å²) in [4.78, 5) is 41.4. The summed E-state index contributed by atoms with van der Waals surface area (Å²) in [7, 11) is 1.57. The first kappa shape index (κ1) is 19.7. The number of hydrogen-bond acceptors (Lipinski definition) is 6. The Kier molecular flexibility index (Phi) is 4.39. The molecule has 3 N–H and O–H groups in total. The number of nitrogens with one attached hydrogen (secondary N) is 2. The number of benzene rings is 2. The fraction of sp³-hybridized carbons (Fsp3) is 0.348. The topological polar surface area (TPSA) is 108 Å². The van der Waals surface area contributed by atoms with Crippen molar-refractivity contribution in [2.75, 3.05) is 12.4 Å². The Labute approximate surface area is 179 Å². The third-order valence-electron chi connectivity index (χ3n) is 6.67. The monoisotopic (exact) mass is 421 g/mol. The maximum atomic E-state index is 13.6. The lowest BCUT2D eigenvalue weighted by molar-refractivity contribution is -0.143. The highest BCUT2D eigenvalue weighted by Gasteiger charge is 2.70. The van der Waals surface area contributed by atoms with Gasteiger partial charge in [0.05, 0.1) is 31.6 Å². The maximum Gasteiger partial charge on any atom is 0.250 e. The molecular weight excluding hydrogens is 398 g/mol. The third kappa shape index (κ3) is 2.65. The standard InChI is InChI=1S/C23H23N3O5/c1-12(27)19-17-18(23(25-19)15-5-3-4-6-16(15)24-22(23)30)21(29)26(20(17)28)11-13-7-9-14(31-2)10-8-13/h3-10,12,17-19,25,27H,11H2,1-2H3,(H,24,30)/t12-,17+,18+,19+,23+/m1/s1. The Bertz CT molecular complexity index is 1080. The number of hydrogen-bond donors (Lipinski definition) is 3. The molecule has 3 aliphatic heterocycles. The second kappa shape index (κ2) is 6.90. The molecule has 0 radical (unpaired) electrons. The van der Waals surface area contributed by atoms with Crippen LogP contribution >= 0.6 is 0 Å². The average molecular weight is 421 g/mol.